The van der Waals surface area contributed by atoms with Gasteiger partial charge in [-0.3, -0.25) is 4.79 Å². The molecular formula is C15H19NO3. The minimum absolute atomic E-state index is 0.203. The molecule has 0 saturated heterocycles. The standard InChI is InChI=1S/C15H19NO3/c1-3-8-13(15(18)19-4-2)16-14(17)11-12-9-6-5-7-10-12/h3,5-7,9-10,13H,1,4,8,11H2,2H3,(H,16,17). The zero-order chi connectivity index (χ0) is 14.1. The van der Waals surface area contributed by atoms with Crippen LogP contribution in [-0.4, -0.2) is 24.5 Å². The molecule has 0 aromatic heterocycles. The van der Waals surface area contributed by atoms with E-state index in [1.165, 1.54) is 0 Å². The molecule has 4 heteroatoms. The van der Waals surface area contributed by atoms with Crippen LogP contribution in [0.2, 0.25) is 0 Å². The van der Waals surface area contributed by atoms with Crippen molar-refractivity contribution < 1.29 is 14.3 Å². The van der Waals surface area contributed by atoms with E-state index >= 15 is 0 Å². The number of rotatable bonds is 7. The highest BCUT2D eigenvalue weighted by atomic mass is 16.5. The van der Waals surface area contributed by atoms with Crippen molar-refractivity contribution in [3.05, 3.63) is 48.6 Å². The number of nitrogens with one attached hydrogen (secondary N) is 1. The van der Waals surface area contributed by atoms with E-state index in [0.29, 0.717) is 13.0 Å². The van der Waals surface area contributed by atoms with Crippen molar-refractivity contribution in [3.8, 4) is 0 Å². The maximum atomic E-state index is 11.9. The monoisotopic (exact) mass is 261 g/mol. The molecule has 1 aromatic rings. The van der Waals surface area contributed by atoms with Crippen LogP contribution in [0.15, 0.2) is 43.0 Å². The summed E-state index contributed by atoms with van der Waals surface area (Å²) in [4.78, 5) is 23.5. The van der Waals surface area contributed by atoms with Crippen LogP contribution in [0.3, 0.4) is 0 Å². The Bertz CT molecular complexity index is 428. The average molecular weight is 261 g/mol. The molecule has 4 nitrogen and oxygen atoms in total. The zero-order valence-electron chi connectivity index (χ0n) is 11.1. The number of ether oxygens (including phenoxy) is 1. The molecule has 0 aliphatic heterocycles. The maximum absolute atomic E-state index is 11.9. The minimum atomic E-state index is -0.659. The van der Waals surface area contributed by atoms with E-state index in [-0.39, 0.29) is 12.3 Å². The van der Waals surface area contributed by atoms with Crippen LogP contribution >= 0.6 is 0 Å². The molecule has 1 aromatic carbocycles. The van der Waals surface area contributed by atoms with Crippen LogP contribution in [0.4, 0.5) is 0 Å². The number of carbonyl (C=O) groups is 2. The van der Waals surface area contributed by atoms with E-state index in [1.54, 1.807) is 13.0 Å². The highest BCUT2D eigenvalue weighted by molar-refractivity contribution is 5.85. The molecule has 1 unspecified atom stereocenters. The lowest BCUT2D eigenvalue weighted by Gasteiger charge is -2.15. The normalized spacial score (nSPS) is 11.4. The summed E-state index contributed by atoms with van der Waals surface area (Å²) in [7, 11) is 0. The summed E-state index contributed by atoms with van der Waals surface area (Å²) in [6.07, 6.45) is 2.19. The van der Waals surface area contributed by atoms with Gasteiger partial charge in [-0.1, -0.05) is 36.4 Å². The Balaban J connectivity index is 2.56. The second kappa shape index (κ2) is 8.08. The Morgan fingerprint density at radius 2 is 2.05 bits per heavy atom. The highest BCUT2D eigenvalue weighted by Gasteiger charge is 2.20. The predicted octanol–water partition coefficient (Wildman–Crippen LogP) is 1.85. The number of amides is 1. The lowest BCUT2D eigenvalue weighted by Crippen LogP contribution is -2.42. The van der Waals surface area contributed by atoms with Crippen molar-refractivity contribution in [1.82, 2.24) is 5.32 Å². The van der Waals surface area contributed by atoms with Gasteiger partial charge in [0.1, 0.15) is 6.04 Å². The van der Waals surface area contributed by atoms with E-state index in [4.69, 9.17) is 4.74 Å². The van der Waals surface area contributed by atoms with Gasteiger partial charge in [0.15, 0.2) is 0 Å². The van der Waals surface area contributed by atoms with E-state index in [1.807, 2.05) is 30.3 Å². The number of esters is 1. The molecule has 0 aliphatic rings. The highest BCUT2D eigenvalue weighted by Crippen LogP contribution is 2.02. The smallest absolute Gasteiger partial charge is 0.328 e. The molecule has 0 heterocycles. The molecule has 0 saturated carbocycles. The van der Waals surface area contributed by atoms with Gasteiger partial charge in [-0.05, 0) is 18.9 Å². The van der Waals surface area contributed by atoms with Gasteiger partial charge in [0.2, 0.25) is 5.91 Å². The van der Waals surface area contributed by atoms with Crippen LogP contribution in [0.25, 0.3) is 0 Å². The zero-order valence-corrected chi connectivity index (χ0v) is 11.1. The summed E-state index contributed by atoms with van der Waals surface area (Å²) < 4.78 is 4.91. The summed E-state index contributed by atoms with van der Waals surface area (Å²) in [6, 6.07) is 8.71. The van der Waals surface area contributed by atoms with Crippen molar-refractivity contribution >= 4 is 11.9 Å². The largest absolute Gasteiger partial charge is 0.464 e. The summed E-state index contributed by atoms with van der Waals surface area (Å²) in [6.45, 7) is 5.60. The Morgan fingerprint density at radius 1 is 1.37 bits per heavy atom. The van der Waals surface area contributed by atoms with Crippen molar-refractivity contribution in [2.24, 2.45) is 0 Å². The van der Waals surface area contributed by atoms with Crippen LogP contribution in [0.5, 0.6) is 0 Å². The average Bonchev–Trinajstić information content (AvgIpc) is 2.39. The lowest BCUT2D eigenvalue weighted by atomic mass is 10.1. The van der Waals surface area contributed by atoms with Crippen LogP contribution in [0.1, 0.15) is 18.9 Å². The summed E-state index contributed by atoms with van der Waals surface area (Å²) in [5, 5.41) is 2.67. The third-order valence-electron chi connectivity index (χ3n) is 2.52. The van der Waals surface area contributed by atoms with Gasteiger partial charge in [-0.15, -0.1) is 6.58 Å². The molecule has 0 fully saturated rings. The molecule has 0 bridgehead atoms. The van der Waals surface area contributed by atoms with Crippen molar-refractivity contribution in [3.63, 3.8) is 0 Å². The topological polar surface area (TPSA) is 55.4 Å². The van der Waals surface area contributed by atoms with Gasteiger partial charge in [0, 0.05) is 0 Å². The van der Waals surface area contributed by atoms with Gasteiger partial charge < -0.3 is 10.1 Å². The number of hydrogen-bond acceptors (Lipinski definition) is 3. The predicted molar refractivity (Wildman–Crippen MR) is 73.5 cm³/mol. The molecular weight excluding hydrogens is 242 g/mol. The Morgan fingerprint density at radius 3 is 2.63 bits per heavy atom. The second-order valence-corrected chi connectivity index (χ2v) is 4.06. The van der Waals surface area contributed by atoms with E-state index < -0.39 is 12.0 Å². The molecule has 1 amide bonds. The van der Waals surface area contributed by atoms with Gasteiger partial charge in [0.25, 0.3) is 0 Å². The van der Waals surface area contributed by atoms with Crippen molar-refractivity contribution in [1.29, 1.82) is 0 Å². The fourth-order valence-corrected chi connectivity index (χ4v) is 1.65. The van der Waals surface area contributed by atoms with Gasteiger partial charge >= 0.3 is 5.97 Å². The third kappa shape index (κ3) is 5.38. The van der Waals surface area contributed by atoms with Gasteiger partial charge in [-0.2, -0.15) is 0 Å². The first-order valence-corrected chi connectivity index (χ1v) is 6.28. The molecule has 19 heavy (non-hydrogen) atoms. The fraction of sp³-hybridized carbons (Fsp3) is 0.333. The first-order valence-electron chi connectivity index (χ1n) is 6.28. The molecule has 1 N–H and O–H groups in total. The molecule has 102 valence electrons. The Labute approximate surface area is 113 Å². The quantitative estimate of drug-likeness (QED) is 0.602. The molecule has 0 radical (unpaired) electrons. The van der Waals surface area contributed by atoms with Crippen molar-refractivity contribution in [2.45, 2.75) is 25.8 Å². The summed E-state index contributed by atoms with van der Waals surface area (Å²) in [5.41, 5.74) is 0.904. The van der Waals surface area contributed by atoms with Crippen LogP contribution < -0.4 is 5.32 Å². The van der Waals surface area contributed by atoms with Crippen molar-refractivity contribution in [2.75, 3.05) is 6.61 Å². The molecule has 1 rings (SSSR count). The number of hydrogen-bond donors (Lipinski definition) is 1. The maximum Gasteiger partial charge on any atom is 0.328 e. The van der Waals surface area contributed by atoms with E-state index in [2.05, 4.69) is 11.9 Å². The second-order valence-electron chi connectivity index (χ2n) is 4.06. The van der Waals surface area contributed by atoms with Gasteiger partial charge in [-0.25, -0.2) is 4.79 Å². The Hall–Kier alpha value is -2.10. The lowest BCUT2D eigenvalue weighted by molar-refractivity contribution is -0.147. The van der Waals surface area contributed by atoms with Gasteiger partial charge in [0.05, 0.1) is 13.0 Å². The van der Waals surface area contributed by atoms with Crippen LogP contribution in [0, 0.1) is 0 Å². The van der Waals surface area contributed by atoms with Crippen LogP contribution in [-0.2, 0) is 20.7 Å². The minimum Gasteiger partial charge on any atom is -0.464 e. The van der Waals surface area contributed by atoms with E-state index in [9.17, 15) is 9.59 Å². The fourth-order valence-electron chi connectivity index (χ4n) is 1.65. The number of benzene rings is 1. The Kier molecular flexibility index (Phi) is 6.36. The SMILES string of the molecule is C=CCC(NC(=O)Cc1ccccc1)C(=O)OCC. The molecule has 1 atom stereocenters. The summed E-state index contributed by atoms with van der Waals surface area (Å²) >= 11 is 0. The first kappa shape index (κ1) is 15.0. The summed E-state index contributed by atoms with van der Waals surface area (Å²) in [5.74, 6) is -0.630. The molecule has 0 aliphatic carbocycles. The van der Waals surface area contributed by atoms with E-state index in [0.717, 1.165) is 5.56 Å². The third-order valence-corrected chi connectivity index (χ3v) is 2.52. The first-order chi connectivity index (χ1) is 9.17. The number of carbonyl (C=O) groups excluding carboxylic acids is 2. The molecule has 0 spiro atoms.